The van der Waals surface area contributed by atoms with Gasteiger partial charge in [-0.15, -0.1) is 0 Å². The number of aromatic nitrogens is 2. The van der Waals surface area contributed by atoms with E-state index in [-0.39, 0.29) is 0 Å². The van der Waals surface area contributed by atoms with Gasteiger partial charge in [-0.25, -0.2) is 0 Å². The summed E-state index contributed by atoms with van der Waals surface area (Å²) in [6.07, 6.45) is 4.64. The van der Waals surface area contributed by atoms with Crippen LogP contribution in [-0.4, -0.2) is 14.9 Å². The lowest BCUT2D eigenvalue weighted by atomic mass is 10.0. The molecule has 18 heavy (non-hydrogen) atoms. The first-order chi connectivity index (χ1) is 8.72. The Morgan fingerprint density at radius 3 is 2.56 bits per heavy atom. The highest BCUT2D eigenvalue weighted by Gasteiger charge is 2.23. The molecule has 1 fully saturated rings. The summed E-state index contributed by atoms with van der Waals surface area (Å²) in [5, 5.41) is 14.5. The lowest BCUT2D eigenvalue weighted by Crippen LogP contribution is -2.03. The summed E-state index contributed by atoms with van der Waals surface area (Å²) in [4.78, 5) is 0. The van der Waals surface area contributed by atoms with Gasteiger partial charge in [-0.2, -0.15) is 5.10 Å². The van der Waals surface area contributed by atoms with Crippen LogP contribution in [0.15, 0.2) is 36.5 Å². The van der Waals surface area contributed by atoms with E-state index in [9.17, 15) is 5.11 Å². The molecule has 0 saturated heterocycles. The van der Waals surface area contributed by atoms with Gasteiger partial charge >= 0.3 is 0 Å². The molecule has 94 valence electrons. The maximum atomic E-state index is 10.2. The molecule has 1 atom stereocenters. The van der Waals surface area contributed by atoms with Gasteiger partial charge in [0.15, 0.2) is 0 Å². The molecule has 0 aliphatic heterocycles. The summed E-state index contributed by atoms with van der Waals surface area (Å²) in [7, 11) is 1.89. The van der Waals surface area contributed by atoms with Crippen LogP contribution >= 0.6 is 0 Å². The zero-order valence-electron chi connectivity index (χ0n) is 10.6. The molecule has 1 aliphatic carbocycles. The van der Waals surface area contributed by atoms with Gasteiger partial charge in [0.05, 0.1) is 11.8 Å². The van der Waals surface area contributed by atoms with E-state index < -0.39 is 6.10 Å². The van der Waals surface area contributed by atoms with Crippen molar-refractivity contribution in [3.05, 3.63) is 53.3 Å². The van der Waals surface area contributed by atoms with Crippen LogP contribution in [0.1, 0.15) is 41.7 Å². The topological polar surface area (TPSA) is 38.0 Å². The van der Waals surface area contributed by atoms with E-state index in [1.807, 2.05) is 31.4 Å². The Bertz CT molecular complexity index is 526. The van der Waals surface area contributed by atoms with Gasteiger partial charge in [0.1, 0.15) is 0 Å². The molecule has 0 radical (unpaired) electrons. The first kappa shape index (κ1) is 11.5. The summed E-state index contributed by atoms with van der Waals surface area (Å²) in [5.74, 6) is 0.770. The number of benzene rings is 1. The standard InChI is InChI=1S/C15H18N2O/c1-17-9-8-14(16-17)10-15(18)13-6-4-12(5-7-13)11-2-3-11/h4-9,11,15,18H,2-3,10H2,1H3. The molecule has 1 aromatic heterocycles. The van der Waals surface area contributed by atoms with Gasteiger partial charge in [0.25, 0.3) is 0 Å². The number of aliphatic hydroxyl groups excluding tert-OH is 1. The van der Waals surface area contributed by atoms with Crippen LogP contribution in [0.25, 0.3) is 0 Å². The first-order valence-electron chi connectivity index (χ1n) is 6.49. The summed E-state index contributed by atoms with van der Waals surface area (Å²) >= 11 is 0. The van der Waals surface area contributed by atoms with Crippen LogP contribution in [0.2, 0.25) is 0 Å². The van der Waals surface area contributed by atoms with Crippen LogP contribution in [0.5, 0.6) is 0 Å². The molecule has 1 aliphatic rings. The zero-order chi connectivity index (χ0) is 12.5. The van der Waals surface area contributed by atoms with E-state index in [0.717, 1.165) is 17.2 Å². The number of hydrogen-bond acceptors (Lipinski definition) is 2. The van der Waals surface area contributed by atoms with Gasteiger partial charge in [0, 0.05) is 19.7 Å². The molecule has 3 nitrogen and oxygen atoms in total. The van der Waals surface area contributed by atoms with E-state index in [4.69, 9.17) is 0 Å². The smallest absolute Gasteiger partial charge is 0.0846 e. The lowest BCUT2D eigenvalue weighted by molar-refractivity contribution is 0.177. The normalized spacial score (nSPS) is 16.8. The molecule has 1 saturated carbocycles. The van der Waals surface area contributed by atoms with Crippen LogP contribution in [0, 0.1) is 0 Å². The van der Waals surface area contributed by atoms with Crippen molar-refractivity contribution in [3.63, 3.8) is 0 Å². The predicted octanol–water partition coefficient (Wildman–Crippen LogP) is 2.57. The zero-order valence-corrected chi connectivity index (χ0v) is 10.6. The molecule has 1 N–H and O–H groups in total. The van der Waals surface area contributed by atoms with E-state index in [0.29, 0.717) is 6.42 Å². The molecule has 3 rings (SSSR count). The Morgan fingerprint density at radius 1 is 1.28 bits per heavy atom. The molecule has 3 heteroatoms. The van der Waals surface area contributed by atoms with Gasteiger partial charge in [0.2, 0.25) is 0 Å². The van der Waals surface area contributed by atoms with Crippen LogP contribution < -0.4 is 0 Å². The van der Waals surface area contributed by atoms with Crippen molar-refractivity contribution in [1.82, 2.24) is 9.78 Å². The minimum Gasteiger partial charge on any atom is -0.388 e. The average Bonchev–Trinajstić information content (AvgIpc) is 3.14. The lowest BCUT2D eigenvalue weighted by Gasteiger charge is -2.10. The number of aliphatic hydroxyl groups is 1. The molecule has 0 amide bonds. The predicted molar refractivity (Wildman–Crippen MR) is 70.3 cm³/mol. The largest absolute Gasteiger partial charge is 0.388 e. The molecule has 1 heterocycles. The Balaban J connectivity index is 1.69. The fraction of sp³-hybridized carbons (Fsp3) is 0.400. The third kappa shape index (κ3) is 2.46. The summed E-state index contributed by atoms with van der Waals surface area (Å²) in [6.45, 7) is 0. The Labute approximate surface area is 107 Å². The molecule has 0 spiro atoms. The van der Waals surface area contributed by atoms with Crippen LogP contribution in [-0.2, 0) is 13.5 Å². The monoisotopic (exact) mass is 242 g/mol. The highest BCUT2D eigenvalue weighted by Crippen LogP contribution is 2.40. The van der Waals surface area contributed by atoms with E-state index >= 15 is 0 Å². The van der Waals surface area contributed by atoms with Gasteiger partial charge < -0.3 is 5.11 Å². The number of nitrogens with zero attached hydrogens (tertiary/aromatic N) is 2. The Morgan fingerprint density at radius 2 is 2.00 bits per heavy atom. The summed E-state index contributed by atoms with van der Waals surface area (Å²) in [6, 6.07) is 10.3. The Hall–Kier alpha value is -1.61. The van der Waals surface area contributed by atoms with Gasteiger partial charge in [-0.3, -0.25) is 4.68 Å². The van der Waals surface area contributed by atoms with E-state index in [2.05, 4.69) is 17.2 Å². The van der Waals surface area contributed by atoms with Gasteiger partial charge in [-0.05, 0) is 36.0 Å². The second-order valence-corrected chi connectivity index (χ2v) is 5.14. The average molecular weight is 242 g/mol. The maximum absolute atomic E-state index is 10.2. The fourth-order valence-corrected chi connectivity index (χ4v) is 2.29. The highest BCUT2D eigenvalue weighted by atomic mass is 16.3. The fourth-order valence-electron chi connectivity index (χ4n) is 2.29. The molecular formula is C15H18N2O. The molecule has 0 bridgehead atoms. The van der Waals surface area contributed by atoms with Crippen molar-refractivity contribution >= 4 is 0 Å². The number of rotatable bonds is 4. The molecular weight excluding hydrogens is 224 g/mol. The highest BCUT2D eigenvalue weighted by molar-refractivity contribution is 5.29. The third-order valence-corrected chi connectivity index (χ3v) is 3.54. The minimum absolute atomic E-state index is 0.465. The SMILES string of the molecule is Cn1ccc(CC(O)c2ccc(C3CC3)cc2)n1. The van der Waals surface area contributed by atoms with E-state index in [1.165, 1.54) is 18.4 Å². The van der Waals surface area contributed by atoms with Crippen molar-refractivity contribution in [2.75, 3.05) is 0 Å². The summed E-state index contributed by atoms with van der Waals surface area (Å²) < 4.78 is 1.76. The number of aryl methyl sites for hydroxylation is 1. The third-order valence-electron chi connectivity index (χ3n) is 3.54. The maximum Gasteiger partial charge on any atom is 0.0846 e. The van der Waals surface area contributed by atoms with Crippen molar-refractivity contribution in [2.45, 2.75) is 31.3 Å². The Kier molecular flexibility index (Phi) is 2.92. The summed E-state index contributed by atoms with van der Waals surface area (Å²) in [5.41, 5.74) is 3.31. The molecule has 1 aromatic carbocycles. The van der Waals surface area contributed by atoms with Gasteiger partial charge in [-0.1, -0.05) is 24.3 Å². The molecule has 1 unspecified atom stereocenters. The second-order valence-electron chi connectivity index (χ2n) is 5.14. The second kappa shape index (κ2) is 4.58. The van der Waals surface area contributed by atoms with Crippen LogP contribution in [0.3, 0.4) is 0 Å². The van der Waals surface area contributed by atoms with Crippen molar-refractivity contribution in [1.29, 1.82) is 0 Å². The van der Waals surface area contributed by atoms with Crippen molar-refractivity contribution in [3.8, 4) is 0 Å². The number of hydrogen-bond donors (Lipinski definition) is 1. The van der Waals surface area contributed by atoms with Crippen molar-refractivity contribution in [2.24, 2.45) is 7.05 Å². The first-order valence-corrected chi connectivity index (χ1v) is 6.49. The van der Waals surface area contributed by atoms with Crippen molar-refractivity contribution < 1.29 is 5.11 Å². The molecule has 2 aromatic rings. The van der Waals surface area contributed by atoms with Crippen LogP contribution in [0.4, 0.5) is 0 Å². The van der Waals surface area contributed by atoms with E-state index in [1.54, 1.807) is 4.68 Å². The quantitative estimate of drug-likeness (QED) is 0.894. The minimum atomic E-state index is -0.465.